The van der Waals surface area contributed by atoms with Crippen molar-refractivity contribution >= 4 is 17.4 Å². The monoisotopic (exact) mass is 314 g/mol. The Balaban J connectivity index is 1.91. The van der Waals surface area contributed by atoms with Gasteiger partial charge in [0.2, 0.25) is 5.91 Å². The molecule has 0 aliphatic heterocycles. The zero-order chi connectivity index (χ0) is 16.9. The Morgan fingerprint density at radius 1 is 1.22 bits per heavy atom. The van der Waals surface area contributed by atoms with Gasteiger partial charge in [0.15, 0.2) is 5.78 Å². The van der Waals surface area contributed by atoms with Gasteiger partial charge in [-0.05, 0) is 23.8 Å². The average molecular weight is 314 g/mol. The Bertz CT molecular complexity index is 695. The maximum absolute atomic E-state index is 13.0. The molecule has 5 nitrogen and oxygen atoms in total. The minimum atomic E-state index is -1.14. The molecule has 23 heavy (non-hydrogen) atoms. The van der Waals surface area contributed by atoms with Crippen LogP contribution in [0, 0.1) is 16.2 Å². The minimum Gasteiger partial charge on any atom is -0.411 e. The van der Waals surface area contributed by atoms with Gasteiger partial charge in [-0.1, -0.05) is 56.3 Å². The molecule has 2 N–H and O–H groups in total. The van der Waals surface area contributed by atoms with E-state index in [0.29, 0.717) is 19.4 Å². The first-order valence-corrected chi connectivity index (χ1v) is 7.91. The molecule has 0 aromatic heterocycles. The number of oxime groups is 1. The second kappa shape index (κ2) is 4.91. The number of benzene rings is 1. The van der Waals surface area contributed by atoms with Gasteiger partial charge in [-0.3, -0.25) is 9.59 Å². The number of Topliss-reactive ketones (excluding diaryl/α,β-unsaturated/α-hetero) is 1. The molecule has 5 heteroatoms. The van der Waals surface area contributed by atoms with Crippen LogP contribution < -0.4 is 5.32 Å². The molecule has 2 fully saturated rings. The largest absolute Gasteiger partial charge is 0.411 e. The third-order valence-electron chi connectivity index (χ3n) is 6.36. The van der Waals surface area contributed by atoms with Gasteiger partial charge in [-0.25, -0.2) is 0 Å². The van der Waals surface area contributed by atoms with Gasteiger partial charge in [0.1, 0.15) is 11.1 Å². The zero-order valence-electron chi connectivity index (χ0n) is 13.7. The molecular weight excluding hydrogens is 292 g/mol. The predicted molar refractivity (Wildman–Crippen MR) is 86.1 cm³/mol. The van der Waals surface area contributed by atoms with Crippen LogP contribution in [-0.2, 0) is 16.1 Å². The lowest BCUT2D eigenvalue weighted by Crippen LogP contribution is -2.50. The van der Waals surface area contributed by atoms with Gasteiger partial charge in [0.25, 0.3) is 0 Å². The van der Waals surface area contributed by atoms with Gasteiger partial charge >= 0.3 is 0 Å². The molecule has 1 amide bonds. The third-order valence-corrected chi connectivity index (χ3v) is 6.36. The van der Waals surface area contributed by atoms with Crippen LogP contribution in [-0.4, -0.2) is 22.6 Å². The molecule has 3 rings (SSSR count). The summed E-state index contributed by atoms with van der Waals surface area (Å²) in [6, 6.07) is 9.60. The van der Waals surface area contributed by atoms with E-state index in [2.05, 4.69) is 10.5 Å². The van der Waals surface area contributed by atoms with Crippen LogP contribution in [0.2, 0.25) is 0 Å². The van der Waals surface area contributed by atoms with E-state index >= 15 is 0 Å². The lowest BCUT2D eigenvalue weighted by molar-refractivity contribution is -0.144. The number of amides is 1. The molecule has 0 saturated heterocycles. The topological polar surface area (TPSA) is 78.8 Å². The van der Waals surface area contributed by atoms with Crippen LogP contribution in [0.4, 0.5) is 0 Å². The second-order valence-electron chi connectivity index (χ2n) is 7.31. The molecule has 0 spiro atoms. The summed E-state index contributed by atoms with van der Waals surface area (Å²) in [4.78, 5) is 25.8. The fraction of sp³-hybridized carbons (Fsp3) is 0.500. The highest BCUT2D eigenvalue weighted by Crippen LogP contribution is 2.69. The lowest BCUT2D eigenvalue weighted by atomic mass is 9.64. The van der Waals surface area contributed by atoms with Crippen LogP contribution in [0.25, 0.3) is 0 Å². The van der Waals surface area contributed by atoms with Crippen molar-refractivity contribution in [3.05, 3.63) is 35.9 Å². The van der Waals surface area contributed by atoms with Crippen molar-refractivity contribution in [3.63, 3.8) is 0 Å². The Kier molecular flexibility index (Phi) is 3.36. The average Bonchev–Trinajstić information content (AvgIpc) is 2.81. The lowest BCUT2D eigenvalue weighted by Gasteiger charge is -2.37. The first-order valence-electron chi connectivity index (χ1n) is 7.91. The van der Waals surface area contributed by atoms with E-state index in [1.54, 1.807) is 0 Å². The van der Waals surface area contributed by atoms with Crippen molar-refractivity contribution in [1.29, 1.82) is 0 Å². The Morgan fingerprint density at radius 2 is 1.87 bits per heavy atom. The SMILES string of the molecule is CC12CCC(C(=O)NCc3ccccc3)(C(=O)C1=NO)C2(C)C. The molecule has 2 aliphatic carbocycles. The summed E-state index contributed by atoms with van der Waals surface area (Å²) in [7, 11) is 0. The molecule has 2 unspecified atom stereocenters. The van der Waals surface area contributed by atoms with Crippen LogP contribution in [0.15, 0.2) is 35.5 Å². The molecule has 1 aromatic carbocycles. The van der Waals surface area contributed by atoms with E-state index in [1.165, 1.54) is 0 Å². The van der Waals surface area contributed by atoms with Crippen molar-refractivity contribution in [1.82, 2.24) is 5.32 Å². The maximum Gasteiger partial charge on any atom is 0.234 e. The molecule has 122 valence electrons. The fourth-order valence-electron chi connectivity index (χ4n) is 4.38. The number of hydrogen-bond donors (Lipinski definition) is 2. The van der Waals surface area contributed by atoms with Gasteiger partial charge < -0.3 is 10.5 Å². The van der Waals surface area contributed by atoms with E-state index in [4.69, 9.17) is 0 Å². The normalized spacial score (nSPS) is 33.2. The first-order chi connectivity index (χ1) is 10.8. The molecule has 2 saturated carbocycles. The number of carbonyl (C=O) groups is 2. The molecule has 2 aliphatic rings. The minimum absolute atomic E-state index is 0.142. The smallest absolute Gasteiger partial charge is 0.234 e. The van der Waals surface area contributed by atoms with Crippen molar-refractivity contribution in [2.45, 2.75) is 40.2 Å². The highest BCUT2D eigenvalue weighted by atomic mass is 16.4. The zero-order valence-corrected chi connectivity index (χ0v) is 13.7. The number of fused-ring (bicyclic) bond motifs is 2. The number of nitrogens with zero attached hydrogens (tertiary/aromatic N) is 1. The summed E-state index contributed by atoms with van der Waals surface area (Å²) in [6.45, 7) is 6.16. The molecule has 2 atom stereocenters. The van der Waals surface area contributed by atoms with Crippen molar-refractivity contribution < 1.29 is 14.8 Å². The standard InChI is InChI=1S/C18H22N2O3/c1-16(2)17(3)9-10-18(16,14(21)13(17)20-23)15(22)19-11-12-7-5-4-6-8-12/h4-8,23H,9-11H2,1-3H3,(H,19,22). The van der Waals surface area contributed by atoms with E-state index in [9.17, 15) is 14.8 Å². The Morgan fingerprint density at radius 3 is 2.43 bits per heavy atom. The summed E-state index contributed by atoms with van der Waals surface area (Å²) in [6.07, 6.45) is 1.17. The fourth-order valence-corrected chi connectivity index (χ4v) is 4.38. The third kappa shape index (κ3) is 1.76. The van der Waals surface area contributed by atoms with Gasteiger partial charge in [0.05, 0.1) is 0 Å². The molecule has 2 bridgehead atoms. The highest BCUT2D eigenvalue weighted by molar-refractivity contribution is 6.50. The Labute approximate surface area is 135 Å². The quantitative estimate of drug-likeness (QED) is 0.511. The number of hydrogen-bond acceptors (Lipinski definition) is 4. The van der Waals surface area contributed by atoms with Crippen molar-refractivity contribution in [2.75, 3.05) is 0 Å². The van der Waals surface area contributed by atoms with Crippen LogP contribution >= 0.6 is 0 Å². The number of carbonyl (C=O) groups excluding carboxylic acids is 2. The van der Waals surface area contributed by atoms with Gasteiger partial charge in [-0.15, -0.1) is 0 Å². The summed E-state index contributed by atoms with van der Waals surface area (Å²) in [5.41, 5.74) is -1.17. The molecule has 0 radical (unpaired) electrons. The first kappa shape index (κ1) is 15.7. The van der Waals surface area contributed by atoms with Gasteiger partial charge in [0, 0.05) is 12.0 Å². The van der Waals surface area contributed by atoms with Crippen molar-refractivity contribution in [3.8, 4) is 0 Å². The second-order valence-corrected chi connectivity index (χ2v) is 7.31. The molecule has 1 aromatic rings. The summed E-state index contributed by atoms with van der Waals surface area (Å²) in [5.74, 6) is -0.594. The summed E-state index contributed by atoms with van der Waals surface area (Å²) >= 11 is 0. The Hall–Kier alpha value is -2.17. The van der Waals surface area contributed by atoms with Crippen molar-refractivity contribution in [2.24, 2.45) is 21.4 Å². The number of ketones is 1. The van der Waals surface area contributed by atoms with E-state index in [0.717, 1.165) is 5.56 Å². The van der Waals surface area contributed by atoms with E-state index < -0.39 is 16.2 Å². The summed E-state index contributed by atoms with van der Waals surface area (Å²) in [5, 5.41) is 15.5. The summed E-state index contributed by atoms with van der Waals surface area (Å²) < 4.78 is 0. The predicted octanol–water partition coefficient (Wildman–Crippen LogP) is 2.53. The highest BCUT2D eigenvalue weighted by Gasteiger charge is 2.76. The molecule has 0 heterocycles. The molecular formula is C18H22N2O3. The van der Waals surface area contributed by atoms with E-state index in [-0.39, 0.29) is 17.4 Å². The van der Waals surface area contributed by atoms with Crippen LogP contribution in [0.1, 0.15) is 39.2 Å². The van der Waals surface area contributed by atoms with Crippen LogP contribution in [0.5, 0.6) is 0 Å². The van der Waals surface area contributed by atoms with Gasteiger partial charge in [-0.2, -0.15) is 0 Å². The van der Waals surface area contributed by atoms with E-state index in [1.807, 2.05) is 51.1 Å². The van der Waals surface area contributed by atoms with Crippen LogP contribution in [0.3, 0.4) is 0 Å². The number of nitrogens with one attached hydrogen (secondary N) is 1. The maximum atomic E-state index is 13.0. The number of rotatable bonds is 3.